The van der Waals surface area contributed by atoms with Crippen LogP contribution in [0.3, 0.4) is 0 Å². The summed E-state index contributed by atoms with van der Waals surface area (Å²) >= 11 is 0. The first-order valence-corrected chi connectivity index (χ1v) is 8.30. The molecule has 7 nitrogen and oxygen atoms in total. The number of alkyl halides is 5. The second-order valence-electron chi connectivity index (χ2n) is 6.04. The summed E-state index contributed by atoms with van der Waals surface area (Å²) in [5.74, 6) is -6.18. The molecule has 2 rings (SSSR count). The van der Waals surface area contributed by atoms with E-state index >= 15 is 0 Å². The van der Waals surface area contributed by atoms with Crippen LogP contribution in [-0.2, 0) is 9.47 Å². The number of hydrogen-bond donors (Lipinski definition) is 1. The van der Waals surface area contributed by atoms with Crippen LogP contribution in [0, 0.1) is 0 Å². The van der Waals surface area contributed by atoms with Gasteiger partial charge in [-0.05, 0) is 13.8 Å². The molecule has 0 spiro atoms. The molecule has 0 aromatic carbocycles. The number of anilines is 1. The van der Waals surface area contributed by atoms with Crippen molar-refractivity contribution in [2.75, 3.05) is 37.8 Å². The molecule has 1 aliphatic heterocycles. The molecule has 1 unspecified atom stereocenters. The molecule has 0 bridgehead atoms. The van der Waals surface area contributed by atoms with Gasteiger partial charge < -0.3 is 20.1 Å². The maximum atomic E-state index is 14.0. The zero-order valence-corrected chi connectivity index (χ0v) is 14.8. The van der Waals surface area contributed by atoms with Crippen molar-refractivity contribution in [1.82, 2.24) is 9.78 Å². The van der Waals surface area contributed by atoms with Crippen LogP contribution < -0.4 is 10.6 Å². The number of carbonyl (C=O) groups is 1. The van der Waals surface area contributed by atoms with Gasteiger partial charge in [0, 0.05) is 19.2 Å². The van der Waals surface area contributed by atoms with Crippen molar-refractivity contribution in [3.63, 3.8) is 0 Å². The summed E-state index contributed by atoms with van der Waals surface area (Å²) in [6, 6.07) is -1.67. The second-order valence-corrected chi connectivity index (χ2v) is 6.04. The maximum absolute atomic E-state index is 14.0. The SMILES string of the molecule is CCOC(=O)c1cc(N2CCOC[C@H]2C)nn1C(CN)C(F)(F)C(F)(F)F. The fourth-order valence-electron chi connectivity index (χ4n) is 2.77. The van der Waals surface area contributed by atoms with E-state index in [0.29, 0.717) is 24.4 Å². The minimum Gasteiger partial charge on any atom is -0.461 e. The summed E-state index contributed by atoms with van der Waals surface area (Å²) in [4.78, 5) is 13.8. The van der Waals surface area contributed by atoms with Crippen molar-refractivity contribution in [2.45, 2.75) is 38.0 Å². The van der Waals surface area contributed by atoms with Crippen molar-refractivity contribution >= 4 is 11.8 Å². The van der Waals surface area contributed by atoms with E-state index in [1.165, 1.54) is 6.92 Å². The van der Waals surface area contributed by atoms with Crippen molar-refractivity contribution in [1.29, 1.82) is 0 Å². The third kappa shape index (κ3) is 4.15. The number of hydrogen-bond acceptors (Lipinski definition) is 6. The zero-order valence-electron chi connectivity index (χ0n) is 14.8. The highest BCUT2D eigenvalue weighted by Crippen LogP contribution is 2.43. The van der Waals surface area contributed by atoms with E-state index in [9.17, 15) is 26.7 Å². The number of rotatable bonds is 6. The Bertz CT molecular complexity index is 664. The van der Waals surface area contributed by atoms with Gasteiger partial charge in [0.25, 0.3) is 0 Å². The molecule has 0 radical (unpaired) electrons. The number of nitrogens with zero attached hydrogens (tertiary/aromatic N) is 3. The molecule has 1 saturated heterocycles. The first-order chi connectivity index (χ1) is 12.5. The molecule has 2 atom stereocenters. The first kappa shape index (κ1) is 21.4. The topological polar surface area (TPSA) is 82.6 Å². The maximum Gasteiger partial charge on any atom is 0.455 e. The van der Waals surface area contributed by atoms with Gasteiger partial charge in [-0.15, -0.1) is 0 Å². The summed E-state index contributed by atoms with van der Waals surface area (Å²) in [7, 11) is 0. The van der Waals surface area contributed by atoms with Crippen LogP contribution in [0.1, 0.15) is 30.4 Å². The fraction of sp³-hybridized carbons (Fsp3) is 0.733. The van der Waals surface area contributed by atoms with E-state index in [-0.39, 0.29) is 18.5 Å². The Kier molecular flexibility index (Phi) is 6.30. The molecule has 0 saturated carbocycles. The quantitative estimate of drug-likeness (QED) is 0.581. The third-order valence-electron chi connectivity index (χ3n) is 4.18. The van der Waals surface area contributed by atoms with Crippen LogP contribution in [0.25, 0.3) is 0 Å². The number of carbonyl (C=O) groups excluding carboxylic acids is 1. The molecule has 0 aliphatic carbocycles. The van der Waals surface area contributed by atoms with Gasteiger partial charge in [0.05, 0.1) is 25.9 Å². The summed E-state index contributed by atoms with van der Waals surface area (Å²) < 4.78 is 77.0. The van der Waals surface area contributed by atoms with Gasteiger partial charge in [-0.25, -0.2) is 9.48 Å². The predicted molar refractivity (Wildman–Crippen MR) is 84.9 cm³/mol. The molecule has 0 amide bonds. The van der Waals surface area contributed by atoms with Gasteiger partial charge in [0.15, 0.2) is 5.82 Å². The largest absolute Gasteiger partial charge is 0.461 e. The van der Waals surface area contributed by atoms with E-state index in [1.807, 2.05) is 0 Å². The summed E-state index contributed by atoms with van der Waals surface area (Å²) in [5, 5.41) is 3.86. The van der Waals surface area contributed by atoms with Crippen LogP contribution in [0.2, 0.25) is 0 Å². The summed E-state index contributed by atoms with van der Waals surface area (Å²) in [6.07, 6.45) is -5.86. The Hall–Kier alpha value is -1.95. The van der Waals surface area contributed by atoms with E-state index in [0.717, 1.165) is 6.07 Å². The number of morpholine rings is 1. The monoisotopic (exact) mass is 400 g/mol. The van der Waals surface area contributed by atoms with Crippen LogP contribution in [0.4, 0.5) is 27.8 Å². The van der Waals surface area contributed by atoms with Gasteiger partial charge >= 0.3 is 18.1 Å². The molecular weight excluding hydrogens is 379 g/mol. The van der Waals surface area contributed by atoms with E-state index in [4.69, 9.17) is 15.2 Å². The summed E-state index contributed by atoms with van der Waals surface area (Å²) in [6.45, 7) is 3.06. The Labute approximate surface area is 152 Å². The first-order valence-electron chi connectivity index (χ1n) is 8.30. The lowest BCUT2D eigenvalue weighted by molar-refractivity contribution is -0.298. The predicted octanol–water partition coefficient (Wildman–Crippen LogP) is 1.98. The standard InChI is InChI=1S/C15H21F5N4O3/c1-3-27-13(25)10-6-12(23-4-5-26-8-9(23)2)22-24(10)11(7-21)14(16,17)15(18,19)20/h6,9,11H,3-5,7-8,21H2,1-2H3/t9-,11?/m1/s1. The second kappa shape index (κ2) is 7.97. The molecule has 27 heavy (non-hydrogen) atoms. The average molecular weight is 400 g/mol. The van der Waals surface area contributed by atoms with Crippen molar-refractivity contribution in [3.05, 3.63) is 11.8 Å². The molecule has 2 heterocycles. The zero-order chi connectivity index (χ0) is 20.4. The molecular formula is C15H21F5N4O3. The highest BCUT2D eigenvalue weighted by molar-refractivity contribution is 5.88. The van der Waals surface area contributed by atoms with Crippen LogP contribution in [0.5, 0.6) is 0 Å². The van der Waals surface area contributed by atoms with Gasteiger partial charge in [-0.2, -0.15) is 27.1 Å². The minimum atomic E-state index is -5.86. The highest BCUT2D eigenvalue weighted by atomic mass is 19.4. The fourth-order valence-corrected chi connectivity index (χ4v) is 2.77. The molecule has 1 aromatic heterocycles. The van der Waals surface area contributed by atoms with E-state index < -0.39 is 36.3 Å². The van der Waals surface area contributed by atoms with Gasteiger partial charge in [-0.1, -0.05) is 0 Å². The number of nitrogens with two attached hydrogens (primary N) is 1. The molecule has 12 heteroatoms. The summed E-state index contributed by atoms with van der Waals surface area (Å²) in [5.41, 5.74) is 4.70. The normalized spacial score (nSPS) is 19.9. The third-order valence-corrected chi connectivity index (χ3v) is 4.18. The lowest BCUT2D eigenvalue weighted by Crippen LogP contribution is -2.48. The smallest absolute Gasteiger partial charge is 0.455 e. The molecule has 2 N–H and O–H groups in total. The molecule has 1 fully saturated rings. The van der Waals surface area contributed by atoms with E-state index in [1.54, 1.807) is 11.8 Å². The number of halogens is 5. The number of esters is 1. The van der Waals surface area contributed by atoms with Crippen molar-refractivity contribution < 1.29 is 36.2 Å². The van der Waals surface area contributed by atoms with Crippen molar-refractivity contribution in [2.24, 2.45) is 5.73 Å². The van der Waals surface area contributed by atoms with Gasteiger partial charge in [0.1, 0.15) is 11.7 Å². The van der Waals surface area contributed by atoms with E-state index in [2.05, 4.69) is 5.10 Å². The molecule has 154 valence electrons. The van der Waals surface area contributed by atoms with Crippen LogP contribution in [-0.4, -0.2) is 66.8 Å². The Morgan fingerprint density at radius 2 is 2.11 bits per heavy atom. The Balaban J connectivity index is 2.53. The van der Waals surface area contributed by atoms with Crippen LogP contribution >= 0.6 is 0 Å². The lowest BCUT2D eigenvalue weighted by atomic mass is 10.1. The van der Waals surface area contributed by atoms with Gasteiger partial charge in [-0.3, -0.25) is 0 Å². The Morgan fingerprint density at radius 3 is 2.63 bits per heavy atom. The van der Waals surface area contributed by atoms with Crippen molar-refractivity contribution in [3.8, 4) is 0 Å². The minimum absolute atomic E-state index is 0.0743. The van der Waals surface area contributed by atoms with Gasteiger partial charge in [0.2, 0.25) is 0 Å². The highest BCUT2D eigenvalue weighted by Gasteiger charge is 2.63. The number of aromatic nitrogens is 2. The Morgan fingerprint density at radius 1 is 1.44 bits per heavy atom. The number of ether oxygens (including phenoxy) is 2. The average Bonchev–Trinajstić information content (AvgIpc) is 2.99. The van der Waals surface area contributed by atoms with Crippen LogP contribution in [0.15, 0.2) is 6.07 Å². The molecule has 1 aliphatic rings. The lowest BCUT2D eigenvalue weighted by Gasteiger charge is -2.33. The molecule has 1 aromatic rings.